The summed E-state index contributed by atoms with van der Waals surface area (Å²) in [4.78, 5) is 12.8. The van der Waals surface area contributed by atoms with Crippen molar-refractivity contribution >= 4 is 17.5 Å². The van der Waals surface area contributed by atoms with E-state index in [1.807, 2.05) is 50.2 Å². The van der Waals surface area contributed by atoms with E-state index in [1.54, 1.807) is 11.8 Å². The molecule has 0 aliphatic heterocycles. The zero-order valence-corrected chi connectivity index (χ0v) is 17.4. The van der Waals surface area contributed by atoms with Crippen molar-refractivity contribution in [2.75, 3.05) is 19.5 Å². The summed E-state index contributed by atoms with van der Waals surface area (Å²) in [6.07, 6.45) is 0. The Labute approximate surface area is 169 Å². The van der Waals surface area contributed by atoms with Gasteiger partial charge in [-0.3, -0.25) is 4.79 Å². The van der Waals surface area contributed by atoms with Crippen LogP contribution in [-0.2, 0) is 11.3 Å². The largest absolute Gasteiger partial charge is 0.383 e. The predicted octanol–water partition coefficient (Wildman–Crippen LogP) is 3.32. The van der Waals surface area contributed by atoms with Gasteiger partial charge < -0.3 is 9.30 Å². The van der Waals surface area contributed by atoms with Crippen LogP contribution in [-0.4, -0.2) is 50.0 Å². The van der Waals surface area contributed by atoms with E-state index in [4.69, 9.17) is 4.74 Å². The fourth-order valence-electron chi connectivity index (χ4n) is 3.42. The highest BCUT2D eigenvalue weighted by Gasteiger charge is 2.20. The number of methoxy groups -OCH3 is 1. The van der Waals surface area contributed by atoms with E-state index in [0.29, 0.717) is 18.3 Å². The van der Waals surface area contributed by atoms with Crippen LogP contribution in [0.2, 0.25) is 0 Å². The fourth-order valence-corrected chi connectivity index (χ4v) is 4.18. The highest BCUT2D eigenvalue weighted by molar-refractivity contribution is 7.99. The molecule has 0 aliphatic carbocycles. The Morgan fingerprint density at radius 1 is 1.25 bits per heavy atom. The van der Waals surface area contributed by atoms with Crippen molar-refractivity contribution in [1.29, 1.82) is 0 Å². The molecule has 0 saturated carbocycles. The molecule has 0 amide bonds. The molecule has 148 valence electrons. The summed E-state index contributed by atoms with van der Waals surface area (Å²) in [6.45, 7) is 7.27. The van der Waals surface area contributed by atoms with Crippen molar-refractivity contribution in [3.05, 3.63) is 58.9 Å². The van der Waals surface area contributed by atoms with Crippen LogP contribution in [0, 0.1) is 13.8 Å². The summed E-state index contributed by atoms with van der Waals surface area (Å²) < 4.78 is 9.13. The maximum atomic E-state index is 12.8. The molecular formula is C20H25N5O2S. The van der Waals surface area contributed by atoms with Crippen LogP contribution < -0.4 is 0 Å². The van der Waals surface area contributed by atoms with E-state index in [2.05, 4.69) is 27.0 Å². The molecular weight excluding hydrogens is 374 g/mol. The van der Waals surface area contributed by atoms with Gasteiger partial charge >= 0.3 is 0 Å². The number of rotatable bonds is 9. The number of hydrogen-bond donors (Lipinski definition) is 0. The molecule has 0 bridgehead atoms. The fraction of sp³-hybridized carbons (Fsp3) is 0.400. The third-order valence-electron chi connectivity index (χ3n) is 4.64. The molecule has 2 heterocycles. The molecule has 0 fully saturated rings. The number of thioether (sulfide) groups is 1. The minimum atomic E-state index is 0.0724. The Morgan fingerprint density at radius 3 is 2.71 bits per heavy atom. The van der Waals surface area contributed by atoms with E-state index in [9.17, 15) is 4.79 Å². The maximum Gasteiger partial charge on any atom is 0.210 e. The lowest BCUT2D eigenvalue weighted by atomic mass is 10.2. The molecule has 7 nitrogen and oxygen atoms in total. The second kappa shape index (κ2) is 9.16. The normalized spacial score (nSPS) is 12.3. The summed E-state index contributed by atoms with van der Waals surface area (Å²) in [6, 6.07) is 12.1. The molecule has 28 heavy (non-hydrogen) atoms. The van der Waals surface area contributed by atoms with Gasteiger partial charge in [0.2, 0.25) is 5.16 Å². The van der Waals surface area contributed by atoms with Gasteiger partial charge in [-0.2, -0.15) is 0 Å². The average molecular weight is 400 g/mol. The first-order valence-electron chi connectivity index (χ1n) is 9.14. The molecule has 3 rings (SSSR count). The van der Waals surface area contributed by atoms with Crippen LogP contribution in [0.25, 0.3) is 0 Å². The molecule has 0 N–H and O–H groups in total. The molecule has 8 heteroatoms. The van der Waals surface area contributed by atoms with Crippen LogP contribution in [0.3, 0.4) is 0 Å². The summed E-state index contributed by atoms with van der Waals surface area (Å²) in [7, 11) is 1.69. The number of carbonyl (C=O) groups is 1. The number of ether oxygens (including phenoxy) is 1. The van der Waals surface area contributed by atoms with Crippen LogP contribution in [0.4, 0.5) is 0 Å². The van der Waals surface area contributed by atoms with Gasteiger partial charge in [-0.1, -0.05) is 42.1 Å². The van der Waals surface area contributed by atoms with Crippen LogP contribution in [0.5, 0.6) is 0 Å². The second-order valence-electron chi connectivity index (χ2n) is 6.78. The Kier molecular flexibility index (Phi) is 6.64. The molecule has 1 unspecified atom stereocenters. The van der Waals surface area contributed by atoms with Crippen molar-refractivity contribution < 1.29 is 9.53 Å². The van der Waals surface area contributed by atoms with Gasteiger partial charge in [0.1, 0.15) is 0 Å². The zero-order valence-electron chi connectivity index (χ0n) is 16.6. The van der Waals surface area contributed by atoms with E-state index >= 15 is 0 Å². The highest BCUT2D eigenvalue weighted by Crippen LogP contribution is 2.23. The molecule has 0 spiro atoms. The standard InChI is InChI=1S/C20H25N5O2S/c1-14-10-18(16(3)25(14)15(2)12-27-4)19(26)13-28-20-21-22-23-24(20)11-17-8-6-5-7-9-17/h5-10,15H,11-13H2,1-4H3. The van der Waals surface area contributed by atoms with Crippen LogP contribution >= 0.6 is 11.8 Å². The number of benzene rings is 1. The monoisotopic (exact) mass is 399 g/mol. The average Bonchev–Trinajstić information content (AvgIpc) is 3.24. The molecule has 1 aromatic carbocycles. The van der Waals surface area contributed by atoms with Gasteiger partial charge in [0.05, 0.1) is 24.9 Å². The van der Waals surface area contributed by atoms with E-state index in [1.165, 1.54) is 11.8 Å². The third-order valence-corrected chi connectivity index (χ3v) is 5.60. The van der Waals surface area contributed by atoms with Gasteiger partial charge in [-0.25, -0.2) is 4.68 Å². The Bertz CT molecular complexity index is 935. The summed E-state index contributed by atoms with van der Waals surface area (Å²) in [5.74, 6) is 0.362. The maximum absolute atomic E-state index is 12.8. The number of hydrogen-bond acceptors (Lipinski definition) is 6. The Morgan fingerprint density at radius 2 is 2.00 bits per heavy atom. The van der Waals surface area contributed by atoms with Crippen molar-refractivity contribution in [3.8, 4) is 0 Å². The topological polar surface area (TPSA) is 74.8 Å². The van der Waals surface area contributed by atoms with Gasteiger partial charge in [-0.05, 0) is 42.8 Å². The van der Waals surface area contributed by atoms with Crippen LogP contribution in [0.15, 0.2) is 41.6 Å². The highest BCUT2D eigenvalue weighted by atomic mass is 32.2. The van der Waals surface area contributed by atoms with Crippen molar-refractivity contribution in [1.82, 2.24) is 24.8 Å². The van der Waals surface area contributed by atoms with E-state index < -0.39 is 0 Å². The molecule has 1 atom stereocenters. The smallest absolute Gasteiger partial charge is 0.210 e. The van der Waals surface area contributed by atoms with Crippen molar-refractivity contribution in [2.24, 2.45) is 0 Å². The van der Waals surface area contributed by atoms with Crippen molar-refractivity contribution in [2.45, 2.75) is 38.5 Å². The first-order chi connectivity index (χ1) is 13.5. The minimum absolute atomic E-state index is 0.0724. The molecule has 2 aromatic heterocycles. The Balaban J connectivity index is 1.69. The SMILES string of the molecule is COCC(C)n1c(C)cc(C(=O)CSc2nnnn2Cc2ccccc2)c1C. The molecule has 0 aliphatic rings. The predicted molar refractivity (Wildman–Crippen MR) is 109 cm³/mol. The Hall–Kier alpha value is -2.45. The second-order valence-corrected chi connectivity index (χ2v) is 7.72. The van der Waals surface area contributed by atoms with E-state index in [-0.39, 0.29) is 17.6 Å². The zero-order chi connectivity index (χ0) is 20.1. The van der Waals surface area contributed by atoms with Gasteiger partial charge in [-0.15, -0.1) is 5.10 Å². The lowest BCUT2D eigenvalue weighted by molar-refractivity contribution is 0.102. The molecule has 0 saturated heterocycles. The third kappa shape index (κ3) is 4.51. The number of carbonyl (C=O) groups excluding carboxylic acids is 1. The first kappa shape index (κ1) is 20.3. The quantitative estimate of drug-likeness (QED) is 0.406. The number of aryl methyl sites for hydroxylation is 1. The van der Waals surface area contributed by atoms with Gasteiger partial charge in [0.15, 0.2) is 5.78 Å². The van der Waals surface area contributed by atoms with E-state index in [0.717, 1.165) is 22.5 Å². The number of aromatic nitrogens is 5. The number of Topliss-reactive ketones (excluding diaryl/α,β-unsaturated/α-hetero) is 1. The summed E-state index contributed by atoms with van der Waals surface area (Å²) >= 11 is 1.36. The minimum Gasteiger partial charge on any atom is -0.383 e. The number of ketones is 1. The number of nitrogens with zero attached hydrogens (tertiary/aromatic N) is 5. The lowest BCUT2D eigenvalue weighted by Crippen LogP contribution is -2.15. The van der Waals surface area contributed by atoms with Gasteiger partial charge in [0, 0.05) is 24.1 Å². The first-order valence-corrected chi connectivity index (χ1v) is 10.1. The van der Waals surface area contributed by atoms with Crippen molar-refractivity contribution in [3.63, 3.8) is 0 Å². The molecule has 3 aromatic rings. The summed E-state index contributed by atoms with van der Waals surface area (Å²) in [5, 5.41) is 12.5. The lowest BCUT2D eigenvalue weighted by Gasteiger charge is -2.17. The number of tetrazole rings is 1. The molecule has 0 radical (unpaired) electrons. The van der Waals surface area contributed by atoms with Gasteiger partial charge in [0.25, 0.3) is 0 Å². The van der Waals surface area contributed by atoms with Crippen LogP contribution in [0.1, 0.15) is 40.3 Å². The summed E-state index contributed by atoms with van der Waals surface area (Å²) in [5.41, 5.74) is 3.88.